The Labute approximate surface area is 216 Å². The molecule has 0 saturated heterocycles. The molecule has 5 nitrogen and oxygen atoms in total. The molecular weight excluding hydrogens is 479 g/mol. The predicted molar refractivity (Wildman–Crippen MR) is 138 cm³/mol. The lowest BCUT2D eigenvalue weighted by molar-refractivity contribution is -0.143. The summed E-state index contributed by atoms with van der Waals surface area (Å²) in [5.41, 5.74) is 1.76. The molecule has 1 N–H and O–H groups in total. The SMILES string of the molecule is O=C(NC1CCCC1)C(Cc1ccccc1)N(Cc1ccc(Cl)cc1)C(=O)COc1ccccc1F. The predicted octanol–water partition coefficient (Wildman–Crippen LogP) is 5.56. The molecule has 0 radical (unpaired) electrons. The Morgan fingerprint density at radius 2 is 1.61 bits per heavy atom. The molecule has 1 atom stereocenters. The molecule has 0 aliphatic heterocycles. The van der Waals surface area contributed by atoms with Gasteiger partial charge >= 0.3 is 0 Å². The Hall–Kier alpha value is -3.38. The number of nitrogens with one attached hydrogen (secondary N) is 1. The minimum absolute atomic E-state index is 0.00712. The summed E-state index contributed by atoms with van der Waals surface area (Å²) in [5.74, 6) is -1.16. The highest BCUT2D eigenvalue weighted by Gasteiger charge is 2.32. The van der Waals surface area contributed by atoms with Crippen molar-refractivity contribution >= 4 is 23.4 Å². The molecule has 0 aromatic heterocycles. The van der Waals surface area contributed by atoms with Crippen LogP contribution in [0.2, 0.25) is 5.02 Å². The van der Waals surface area contributed by atoms with Crippen molar-refractivity contribution in [3.63, 3.8) is 0 Å². The van der Waals surface area contributed by atoms with Crippen LogP contribution in [0.1, 0.15) is 36.8 Å². The van der Waals surface area contributed by atoms with E-state index in [4.69, 9.17) is 16.3 Å². The van der Waals surface area contributed by atoms with E-state index in [1.165, 1.54) is 17.0 Å². The number of hydrogen-bond acceptors (Lipinski definition) is 3. The lowest BCUT2D eigenvalue weighted by Gasteiger charge is -2.32. The fourth-order valence-electron chi connectivity index (χ4n) is 4.49. The van der Waals surface area contributed by atoms with Crippen LogP contribution >= 0.6 is 11.6 Å². The van der Waals surface area contributed by atoms with Gasteiger partial charge in [0.05, 0.1) is 0 Å². The number of ether oxygens (including phenoxy) is 1. The van der Waals surface area contributed by atoms with Crippen LogP contribution < -0.4 is 10.1 Å². The van der Waals surface area contributed by atoms with Crippen molar-refractivity contribution in [2.24, 2.45) is 0 Å². The van der Waals surface area contributed by atoms with E-state index in [0.29, 0.717) is 11.4 Å². The molecule has 2 amide bonds. The molecule has 1 saturated carbocycles. The molecule has 4 rings (SSSR count). The van der Waals surface area contributed by atoms with Gasteiger partial charge in [0.1, 0.15) is 6.04 Å². The number of rotatable bonds is 10. The number of carbonyl (C=O) groups is 2. The maximum atomic E-state index is 14.1. The molecule has 7 heteroatoms. The molecule has 188 valence electrons. The summed E-state index contributed by atoms with van der Waals surface area (Å²) in [6.45, 7) is -0.206. The van der Waals surface area contributed by atoms with Crippen molar-refractivity contribution < 1.29 is 18.7 Å². The van der Waals surface area contributed by atoms with Gasteiger partial charge in [-0.05, 0) is 48.2 Å². The Kier molecular flexibility index (Phi) is 8.95. The van der Waals surface area contributed by atoms with Crippen LogP contribution in [0.15, 0.2) is 78.9 Å². The van der Waals surface area contributed by atoms with Crippen LogP contribution in [0.25, 0.3) is 0 Å². The maximum Gasteiger partial charge on any atom is 0.261 e. The van der Waals surface area contributed by atoms with Gasteiger partial charge in [0.15, 0.2) is 18.2 Å². The smallest absolute Gasteiger partial charge is 0.261 e. The highest BCUT2D eigenvalue weighted by molar-refractivity contribution is 6.30. The minimum Gasteiger partial charge on any atom is -0.481 e. The summed E-state index contributed by atoms with van der Waals surface area (Å²) in [5, 5.41) is 3.74. The normalized spacial score (nSPS) is 14.3. The van der Waals surface area contributed by atoms with Gasteiger partial charge in [0.25, 0.3) is 5.91 Å². The first-order valence-corrected chi connectivity index (χ1v) is 12.6. The number of para-hydroxylation sites is 1. The van der Waals surface area contributed by atoms with E-state index in [0.717, 1.165) is 36.8 Å². The van der Waals surface area contributed by atoms with Crippen LogP contribution in [0.4, 0.5) is 4.39 Å². The summed E-state index contributed by atoms with van der Waals surface area (Å²) in [6.07, 6.45) is 4.38. The Balaban J connectivity index is 1.61. The number of carbonyl (C=O) groups excluding carboxylic acids is 2. The third-order valence-electron chi connectivity index (χ3n) is 6.43. The monoisotopic (exact) mass is 508 g/mol. The molecule has 1 aliphatic carbocycles. The fraction of sp³-hybridized carbons (Fsp3) is 0.310. The minimum atomic E-state index is -0.764. The average Bonchev–Trinajstić information content (AvgIpc) is 3.40. The van der Waals surface area contributed by atoms with E-state index >= 15 is 0 Å². The molecule has 0 heterocycles. The standard InChI is InChI=1S/C29H30ClFN2O3/c30-23-16-14-22(15-17-23)19-33(28(34)20-36-27-13-7-6-12-25(27)31)26(18-21-8-2-1-3-9-21)29(35)32-24-10-4-5-11-24/h1-3,6-9,12-17,24,26H,4-5,10-11,18-20H2,(H,32,35). The Bertz CT molecular complexity index is 1150. The number of amides is 2. The Morgan fingerprint density at radius 3 is 2.31 bits per heavy atom. The van der Waals surface area contributed by atoms with Gasteiger partial charge in [-0.2, -0.15) is 0 Å². The summed E-state index contributed by atoms with van der Waals surface area (Å²) in [7, 11) is 0. The molecule has 3 aromatic rings. The fourth-order valence-corrected chi connectivity index (χ4v) is 4.62. The van der Waals surface area contributed by atoms with E-state index in [9.17, 15) is 14.0 Å². The first-order chi connectivity index (χ1) is 17.5. The van der Waals surface area contributed by atoms with Gasteiger partial charge in [0.2, 0.25) is 5.91 Å². The van der Waals surface area contributed by atoms with Crippen molar-refractivity contribution in [2.75, 3.05) is 6.61 Å². The summed E-state index contributed by atoms with van der Waals surface area (Å²) < 4.78 is 19.6. The van der Waals surface area contributed by atoms with E-state index in [1.807, 2.05) is 42.5 Å². The van der Waals surface area contributed by atoms with Gasteiger partial charge < -0.3 is 15.0 Å². The zero-order chi connectivity index (χ0) is 25.3. The average molecular weight is 509 g/mol. The second kappa shape index (κ2) is 12.5. The van der Waals surface area contributed by atoms with Crippen LogP contribution in [0.3, 0.4) is 0 Å². The Morgan fingerprint density at radius 1 is 0.944 bits per heavy atom. The summed E-state index contributed by atoms with van der Waals surface area (Å²) in [4.78, 5) is 28.7. The first kappa shape index (κ1) is 25.7. The van der Waals surface area contributed by atoms with Crippen LogP contribution in [0.5, 0.6) is 5.75 Å². The summed E-state index contributed by atoms with van der Waals surface area (Å²) >= 11 is 6.06. The van der Waals surface area contributed by atoms with Crippen molar-refractivity contribution in [2.45, 2.75) is 50.7 Å². The molecule has 0 bridgehead atoms. The van der Waals surface area contributed by atoms with Crippen molar-refractivity contribution in [3.8, 4) is 5.75 Å². The lowest BCUT2D eigenvalue weighted by Crippen LogP contribution is -2.53. The number of nitrogens with zero attached hydrogens (tertiary/aromatic N) is 1. The molecule has 1 unspecified atom stereocenters. The lowest BCUT2D eigenvalue weighted by atomic mass is 10.0. The van der Waals surface area contributed by atoms with Gasteiger partial charge in [-0.25, -0.2) is 4.39 Å². The van der Waals surface area contributed by atoms with E-state index in [1.54, 1.807) is 24.3 Å². The molecular formula is C29H30ClFN2O3. The molecule has 1 fully saturated rings. The number of benzene rings is 3. The largest absolute Gasteiger partial charge is 0.481 e. The number of hydrogen-bond donors (Lipinski definition) is 1. The van der Waals surface area contributed by atoms with Gasteiger partial charge in [-0.1, -0.05) is 79.0 Å². The summed E-state index contributed by atoms with van der Waals surface area (Å²) in [6, 6.07) is 22.1. The van der Waals surface area contributed by atoms with Crippen LogP contribution in [-0.2, 0) is 22.6 Å². The van der Waals surface area contributed by atoms with Gasteiger partial charge in [-0.15, -0.1) is 0 Å². The molecule has 3 aromatic carbocycles. The highest BCUT2D eigenvalue weighted by atomic mass is 35.5. The third-order valence-corrected chi connectivity index (χ3v) is 6.68. The van der Waals surface area contributed by atoms with E-state index in [-0.39, 0.29) is 24.2 Å². The maximum absolute atomic E-state index is 14.1. The highest BCUT2D eigenvalue weighted by Crippen LogP contribution is 2.21. The number of halogens is 2. The first-order valence-electron chi connectivity index (χ1n) is 12.2. The second-order valence-electron chi connectivity index (χ2n) is 9.06. The van der Waals surface area contributed by atoms with Gasteiger partial charge in [0, 0.05) is 24.0 Å². The van der Waals surface area contributed by atoms with Crippen molar-refractivity contribution in [1.29, 1.82) is 0 Å². The third kappa shape index (κ3) is 7.08. The zero-order valence-corrected chi connectivity index (χ0v) is 20.8. The molecule has 1 aliphatic rings. The van der Waals surface area contributed by atoms with Crippen molar-refractivity contribution in [3.05, 3.63) is 101 Å². The van der Waals surface area contributed by atoms with E-state index in [2.05, 4.69) is 5.32 Å². The van der Waals surface area contributed by atoms with E-state index < -0.39 is 24.4 Å². The van der Waals surface area contributed by atoms with Crippen LogP contribution in [0, 0.1) is 5.82 Å². The zero-order valence-electron chi connectivity index (χ0n) is 20.0. The van der Waals surface area contributed by atoms with Crippen molar-refractivity contribution in [1.82, 2.24) is 10.2 Å². The molecule has 0 spiro atoms. The molecule has 36 heavy (non-hydrogen) atoms. The topological polar surface area (TPSA) is 58.6 Å². The van der Waals surface area contributed by atoms with Crippen LogP contribution in [-0.4, -0.2) is 35.4 Å². The quantitative estimate of drug-likeness (QED) is 0.390. The second-order valence-corrected chi connectivity index (χ2v) is 9.50. The van der Waals surface area contributed by atoms with Gasteiger partial charge in [-0.3, -0.25) is 9.59 Å².